The first-order valence-electron chi connectivity index (χ1n) is 17.5. The molecule has 1 N–H and O–H groups in total. The minimum atomic E-state index is -0.304. The van der Waals surface area contributed by atoms with Crippen molar-refractivity contribution < 1.29 is 47.5 Å². The van der Waals surface area contributed by atoms with Crippen LogP contribution in [0.25, 0.3) is 0 Å². The monoisotopic (exact) mass is 698 g/mol. The molecular formula is C33H58N6O10. The minimum Gasteiger partial charge on any atom is -0.377 e. The highest BCUT2D eigenvalue weighted by molar-refractivity contribution is 6.03. The second kappa shape index (κ2) is 22.9. The summed E-state index contributed by atoms with van der Waals surface area (Å²) in [6.07, 6.45) is 3.04. The van der Waals surface area contributed by atoms with E-state index >= 15 is 0 Å². The number of hydrogen-bond acceptors (Lipinski definition) is 12. The molecule has 4 amide bonds. The summed E-state index contributed by atoms with van der Waals surface area (Å²) in [4.78, 5) is 40.1. The first kappa shape index (κ1) is 40.7. The van der Waals surface area contributed by atoms with E-state index in [-0.39, 0.29) is 42.1 Å². The molecule has 2 aliphatic rings. The Labute approximate surface area is 290 Å². The second-order valence-electron chi connectivity index (χ2n) is 13.3. The molecule has 49 heavy (non-hydrogen) atoms. The molecule has 0 bridgehead atoms. The number of ether oxygens (including phenoxy) is 7. The van der Waals surface area contributed by atoms with E-state index in [1.165, 1.54) is 4.90 Å². The molecule has 1 unspecified atom stereocenters. The van der Waals surface area contributed by atoms with Crippen LogP contribution < -0.4 is 5.32 Å². The smallest absolute Gasteiger partial charge is 0.317 e. The number of urea groups is 1. The van der Waals surface area contributed by atoms with Crippen LogP contribution in [0.1, 0.15) is 46.2 Å². The molecule has 0 saturated carbocycles. The average Bonchev–Trinajstić information content (AvgIpc) is 3.78. The Morgan fingerprint density at radius 3 is 1.80 bits per heavy atom. The van der Waals surface area contributed by atoms with Gasteiger partial charge >= 0.3 is 6.03 Å². The van der Waals surface area contributed by atoms with Gasteiger partial charge in [-0.3, -0.25) is 14.5 Å². The molecular weight excluding hydrogens is 640 g/mol. The summed E-state index contributed by atoms with van der Waals surface area (Å²) in [6, 6.07) is -0.0128. The van der Waals surface area contributed by atoms with Crippen molar-refractivity contribution in [3.63, 3.8) is 0 Å². The van der Waals surface area contributed by atoms with E-state index in [0.29, 0.717) is 117 Å². The molecule has 3 heterocycles. The largest absolute Gasteiger partial charge is 0.377 e. The van der Waals surface area contributed by atoms with Gasteiger partial charge in [0.2, 0.25) is 11.8 Å². The van der Waals surface area contributed by atoms with Gasteiger partial charge in [-0.05, 0) is 17.8 Å². The lowest BCUT2D eigenvalue weighted by Gasteiger charge is -2.24. The molecule has 3 rings (SSSR count). The van der Waals surface area contributed by atoms with Gasteiger partial charge < -0.3 is 43.4 Å². The van der Waals surface area contributed by atoms with Crippen molar-refractivity contribution in [1.29, 1.82) is 0 Å². The van der Waals surface area contributed by atoms with Crippen LogP contribution in [0.5, 0.6) is 0 Å². The summed E-state index contributed by atoms with van der Waals surface area (Å²) in [5.74, 6) is -0.0323. The summed E-state index contributed by atoms with van der Waals surface area (Å²) in [5, 5.41) is 11.0. The normalized spacial score (nSPS) is 18.3. The van der Waals surface area contributed by atoms with Crippen LogP contribution in [-0.2, 0) is 55.8 Å². The van der Waals surface area contributed by atoms with Crippen LogP contribution in [0.4, 0.5) is 4.79 Å². The van der Waals surface area contributed by atoms with Gasteiger partial charge in [-0.15, -0.1) is 5.10 Å². The predicted molar refractivity (Wildman–Crippen MR) is 178 cm³/mol. The summed E-state index contributed by atoms with van der Waals surface area (Å²) >= 11 is 0. The fraction of sp³-hybridized carbons (Fsp3) is 0.848. The van der Waals surface area contributed by atoms with Crippen molar-refractivity contribution in [2.24, 2.45) is 17.3 Å². The van der Waals surface area contributed by atoms with E-state index in [0.717, 1.165) is 19.5 Å². The van der Waals surface area contributed by atoms with Gasteiger partial charge in [-0.2, -0.15) is 0 Å². The number of carbonyl (C=O) groups excluding carboxylic acids is 3. The van der Waals surface area contributed by atoms with Crippen molar-refractivity contribution >= 4 is 17.8 Å². The van der Waals surface area contributed by atoms with Gasteiger partial charge in [0.1, 0.15) is 5.69 Å². The highest BCUT2D eigenvalue weighted by Gasteiger charge is 2.44. The summed E-state index contributed by atoms with van der Waals surface area (Å²) < 4.78 is 40.2. The Balaban J connectivity index is 1.00. The number of carbonyl (C=O) groups is 3. The molecule has 16 nitrogen and oxygen atoms in total. The van der Waals surface area contributed by atoms with E-state index < -0.39 is 0 Å². The fourth-order valence-corrected chi connectivity index (χ4v) is 5.25. The summed E-state index contributed by atoms with van der Waals surface area (Å²) in [5.41, 5.74) is 0.311. The topological polar surface area (TPSA) is 165 Å². The number of nitrogens with one attached hydrogen (secondary N) is 1. The maximum atomic E-state index is 12.7. The van der Waals surface area contributed by atoms with Crippen LogP contribution in [0.15, 0.2) is 6.20 Å². The Morgan fingerprint density at radius 1 is 0.816 bits per heavy atom. The van der Waals surface area contributed by atoms with Gasteiger partial charge in [0.25, 0.3) is 0 Å². The number of hydrogen-bond donors (Lipinski definition) is 1. The number of aromatic nitrogens is 3. The highest BCUT2D eigenvalue weighted by atomic mass is 16.6. The third kappa shape index (κ3) is 16.2. The van der Waals surface area contributed by atoms with Crippen LogP contribution in [0.3, 0.4) is 0 Å². The van der Waals surface area contributed by atoms with Crippen molar-refractivity contribution in [2.75, 3.05) is 112 Å². The minimum absolute atomic E-state index is 0.0128. The van der Waals surface area contributed by atoms with E-state index in [1.807, 2.05) is 25.7 Å². The second-order valence-corrected chi connectivity index (χ2v) is 13.3. The molecule has 0 aromatic carbocycles. The molecule has 0 spiro atoms. The number of imide groups is 1. The molecule has 2 aliphatic heterocycles. The summed E-state index contributed by atoms with van der Waals surface area (Å²) in [6.45, 7) is 17.4. The lowest BCUT2D eigenvalue weighted by molar-refractivity contribution is -0.141. The fourth-order valence-electron chi connectivity index (χ4n) is 5.25. The quantitative estimate of drug-likeness (QED) is 0.109. The number of amides is 4. The highest BCUT2D eigenvalue weighted by Crippen LogP contribution is 2.35. The number of likely N-dealkylation sites (tertiary alicyclic amines) is 2. The molecule has 2 atom stereocenters. The lowest BCUT2D eigenvalue weighted by Crippen LogP contribution is -2.39. The van der Waals surface area contributed by atoms with Crippen molar-refractivity contribution in [3.8, 4) is 0 Å². The molecule has 2 saturated heterocycles. The molecule has 0 aliphatic carbocycles. The lowest BCUT2D eigenvalue weighted by atomic mass is 9.80. The van der Waals surface area contributed by atoms with Crippen molar-refractivity contribution in [1.82, 2.24) is 30.1 Å². The molecule has 1 aromatic rings. The van der Waals surface area contributed by atoms with Gasteiger partial charge in [0, 0.05) is 26.1 Å². The third-order valence-electron chi connectivity index (χ3n) is 8.13. The van der Waals surface area contributed by atoms with Crippen LogP contribution in [-0.4, -0.2) is 155 Å². The summed E-state index contributed by atoms with van der Waals surface area (Å²) in [7, 11) is 0. The maximum absolute atomic E-state index is 12.7. The number of rotatable bonds is 26. The zero-order valence-corrected chi connectivity index (χ0v) is 29.9. The van der Waals surface area contributed by atoms with E-state index in [4.69, 9.17) is 33.2 Å². The van der Waals surface area contributed by atoms with Crippen LogP contribution >= 0.6 is 0 Å². The van der Waals surface area contributed by atoms with Gasteiger partial charge in [-0.25, -0.2) is 9.48 Å². The number of nitrogens with zero attached hydrogens (tertiary/aromatic N) is 5. The molecule has 16 heteroatoms. The van der Waals surface area contributed by atoms with Crippen LogP contribution in [0, 0.1) is 17.3 Å². The average molecular weight is 699 g/mol. The SMILES string of the molecule is C[C@H]1CCN(C(=O)NCCOCCOCCOCCOCCOCCOCCOCCn2cc(CN3C(=O)CC(C(C)(C)C)C3=O)nn2)C1. The van der Waals surface area contributed by atoms with Crippen molar-refractivity contribution in [3.05, 3.63) is 11.9 Å². The van der Waals surface area contributed by atoms with Crippen LogP contribution in [0.2, 0.25) is 0 Å². The Hall–Kier alpha value is -2.73. The molecule has 280 valence electrons. The van der Waals surface area contributed by atoms with E-state index in [9.17, 15) is 14.4 Å². The Kier molecular flexibility index (Phi) is 19.0. The van der Waals surface area contributed by atoms with Crippen molar-refractivity contribution in [2.45, 2.75) is 53.6 Å². The molecule has 0 radical (unpaired) electrons. The first-order valence-corrected chi connectivity index (χ1v) is 17.5. The maximum Gasteiger partial charge on any atom is 0.317 e. The molecule has 2 fully saturated rings. The Bertz CT molecular complexity index is 1100. The zero-order chi connectivity index (χ0) is 35.3. The molecule has 1 aromatic heterocycles. The van der Waals surface area contributed by atoms with Gasteiger partial charge in [0.15, 0.2) is 0 Å². The standard InChI is InChI=1S/C33H58N6O10/c1-27-5-7-37(24-27)32(42)34-6-9-43-11-13-45-15-17-47-19-21-49-22-20-48-18-16-46-14-12-44-10-8-38-25-28(35-36-38)26-39-30(40)23-29(31(39)41)33(2,3)4/h25,27,29H,5-24,26H2,1-4H3,(H,34,42)/t27-,29?/m0/s1. The van der Waals surface area contributed by atoms with E-state index in [2.05, 4.69) is 22.6 Å². The predicted octanol–water partition coefficient (Wildman–Crippen LogP) is 1.37. The first-order chi connectivity index (χ1) is 23.6. The Morgan fingerprint density at radius 2 is 1.33 bits per heavy atom. The van der Waals surface area contributed by atoms with E-state index in [1.54, 1.807) is 10.9 Å². The van der Waals surface area contributed by atoms with Gasteiger partial charge in [-0.1, -0.05) is 32.9 Å². The zero-order valence-electron chi connectivity index (χ0n) is 29.9. The third-order valence-corrected chi connectivity index (χ3v) is 8.13. The van der Waals surface area contributed by atoms with Gasteiger partial charge in [0.05, 0.1) is 118 Å².